The maximum atomic E-state index is 12.5. The number of nitrogens with one attached hydrogen (secondary N) is 2. The molecule has 3 rings (SSSR count). The molecule has 3 aromatic carbocycles. The minimum Gasteiger partial charge on any atom is -0.495 e. The van der Waals surface area contributed by atoms with Gasteiger partial charge in [-0.2, -0.15) is 0 Å². The summed E-state index contributed by atoms with van der Waals surface area (Å²) in [5, 5.41) is 2.83. The Morgan fingerprint density at radius 2 is 1.59 bits per heavy atom. The predicted molar refractivity (Wildman–Crippen MR) is 113 cm³/mol. The van der Waals surface area contributed by atoms with Gasteiger partial charge in [0.15, 0.2) is 0 Å². The second-order valence-corrected chi connectivity index (χ2v) is 8.23. The summed E-state index contributed by atoms with van der Waals surface area (Å²) >= 11 is 0. The van der Waals surface area contributed by atoms with E-state index in [1.54, 1.807) is 42.5 Å². The van der Waals surface area contributed by atoms with Gasteiger partial charge in [-0.05, 0) is 48.9 Å². The highest BCUT2D eigenvalue weighted by molar-refractivity contribution is 7.89. The van der Waals surface area contributed by atoms with E-state index in [4.69, 9.17) is 4.74 Å². The van der Waals surface area contributed by atoms with E-state index in [9.17, 15) is 13.2 Å². The number of anilines is 1. The summed E-state index contributed by atoms with van der Waals surface area (Å²) in [5.74, 6) is 0.0538. The molecule has 0 saturated heterocycles. The zero-order valence-electron chi connectivity index (χ0n) is 16.2. The van der Waals surface area contributed by atoms with Crippen LogP contribution in [0.5, 0.6) is 5.75 Å². The number of methoxy groups -OCH3 is 1. The van der Waals surface area contributed by atoms with Crippen molar-refractivity contribution in [3.05, 3.63) is 89.5 Å². The molecule has 0 heterocycles. The third kappa shape index (κ3) is 5.22. The average molecular weight is 410 g/mol. The van der Waals surface area contributed by atoms with Crippen molar-refractivity contribution in [1.29, 1.82) is 0 Å². The Morgan fingerprint density at radius 3 is 2.24 bits per heavy atom. The molecule has 0 aromatic heterocycles. The van der Waals surface area contributed by atoms with Crippen molar-refractivity contribution >= 4 is 21.6 Å². The van der Waals surface area contributed by atoms with Gasteiger partial charge in [0, 0.05) is 17.8 Å². The Bertz CT molecular complexity index is 1090. The summed E-state index contributed by atoms with van der Waals surface area (Å²) in [5.41, 5.74) is 3.05. The van der Waals surface area contributed by atoms with Gasteiger partial charge in [-0.25, -0.2) is 13.1 Å². The molecule has 0 saturated carbocycles. The minimum atomic E-state index is -3.73. The van der Waals surface area contributed by atoms with Gasteiger partial charge in [0.05, 0.1) is 7.11 Å². The van der Waals surface area contributed by atoms with Crippen LogP contribution in [0.2, 0.25) is 0 Å². The Kier molecular flexibility index (Phi) is 6.31. The molecule has 29 heavy (non-hydrogen) atoms. The zero-order valence-corrected chi connectivity index (χ0v) is 17.0. The molecule has 0 aliphatic rings. The summed E-state index contributed by atoms with van der Waals surface area (Å²) in [4.78, 5) is 12.4. The SMILES string of the molecule is COc1ccccc1S(=O)(=O)NCc1ccc(C(=O)Nc2ccc(C)cc2)cc1. The lowest BCUT2D eigenvalue weighted by molar-refractivity contribution is 0.102. The molecular weight excluding hydrogens is 388 g/mol. The molecular formula is C22H22N2O4S. The number of ether oxygens (including phenoxy) is 1. The number of aryl methyl sites for hydroxylation is 1. The Labute approximate surface area is 170 Å². The van der Waals surface area contributed by atoms with Gasteiger partial charge < -0.3 is 10.1 Å². The predicted octanol–water partition coefficient (Wildman–Crippen LogP) is 3.73. The topological polar surface area (TPSA) is 84.5 Å². The Morgan fingerprint density at radius 1 is 0.931 bits per heavy atom. The molecule has 6 nitrogen and oxygen atoms in total. The Balaban J connectivity index is 1.64. The molecule has 0 atom stereocenters. The number of hydrogen-bond acceptors (Lipinski definition) is 4. The minimum absolute atomic E-state index is 0.0802. The van der Waals surface area contributed by atoms with E-state index in [2.05, 4.69) is 10.0 Å². The number of hydrogen-bond donors (Lipinski definition) is 2. The third-order valence-electron chi connectivity index (χ3n) is 4.35. The van der Waals surface area contributed by atoms with Crippen LogP contribution in [0.15, 0.2) is 77.7 Å². The smallest absolute Gasteiger partial charge is 0.255 e. The number of sulfonamides is 1. The second kappa shape index (κ2) is 8.89. The van der Waals surface area contributed by atoms with Crippen molar-refractivity contribution in [2.75, 3.05) is 12.4 Å². The van der Waals surface area contributed by atoms with E-state index in [1.165, 1.54) is 13.2 Å². The highest BCUT2D eigenvalue weighted by Crippen LogP contribution is 2.22. The number of rotatable bonds is 7. The van der Waals surface area contributed by atoms with Gasteiger partial charge in [0.2, 0.25) is 10.0 Å². The molecule has 3 aromatic rings. The van der Waals surface area contributed by atoms with Crippen molar-refractivity contribution in [3.63, 3.8) is 0 Å². The zero-order chi connectivity index (χ0) is 20.9. The Hall–Kier alpha value is -3.16. The number of benzene rings is 3. The normalized spacial score (nSPS) is 11.1. The van der Waals surface area contributed by atoms with Crippen LogP contribution < -0.4 is 14.8 Å². The lowest BCUT2D eigenvalue weighted by Crippen LogP contribution is -2.23. The van der Waals surface area contributed by atoms with Crippen LogP contribution in [0.3, 0.4) is 0 Å². The number of amides is 1. The van der Waals surface area contributed by atoms with Crippen LogP contribution in [-0.2, 0) is 16.6 Å². The fourth-order valence-electron chi connectivity index (χ4n) is 2.71. The average Bonchev–Trinajstić information content (AvgIpc) is 2.74. The molecule has 0 spiro atoms. The standard InChI is InChI=1S/C22H22N2O4S/c1-16-7-13-19(14-8-16)24-22(25)18-11-9-17(10-12-18)15-23-29(26,27)21-6-4-3-5-20(21)28-2/h3-14,23H,15H2,1-2H3,(H,24,25). The van der Waals surface area contributed by atoms with Crippen LogP contribution in [0.1, 0.15) is 21.5 Å². The number of carbonyl (C=O) groups excluding carboxylic acids is 1. The van der Waals surface area contributed by atoms with Crippen molar-refractivity contribution in [2.45, 2.75) is 18.4 Å². The van der Waals surface area contributed by atoms with Gasteiger partial charge >= 0.3 is 0 Å². The molecule has 0 unspecified atom stereocenters. The first-order chi connectivity index (χ1) is 13.9. The molecule has 7 heteroatoms. The fourth-order valence-corrected chi connectivity index (χ4v) is 3.90. The quantitative estimate of drug-likeness (QED) is 0.622. The van der Waals surface area contributed by atoms with Crippen molar-refractivity contribution in [2.24, 2.45) is 0 Å². The van der Waals surface area contributed by atoms with E-state index < -0.39 is 10.0 Å². The molecule has 0 fully saturated rings. The lowest BCUT2D eigenvalue weighted by Gasteiger charge is -2.11. The second-order valence-electron chi connectivity index (χ2n) is 6.49. The first kappa shape index (κ1) is 20.6. The summed E-state index contributed by atoms with van der Waals surface area (Å²) in [6.45, 7) is 2.08. The molecule has 1 amide bonds. The van der Waals surface area contributed by atoms with E-state index in [0.29, 0.717) is 11.3 Å². The number of carbonyl (C=O) groups is 1. The maximum Gasteiger partial charge on any atom is 0.255 e. The molecule has 0 radical (unpaired) electrons. The monoisotopic (exact) mass is 410 g/mol. The fraction of sp³-hybridized carbons (Fsp3) is 0.136. The molecule has 150 valence electrons. The first-order valence-electron chi connectivity index (χ1n) is 8.99. The van der Waals surface area contributed by atoms with Gasteiger partial charge in [-0.3, -0.25) is 4.79 Å². The van der Waals surface area contributed by atoms with Crippen LogP contribution in [0, 0.1) is 6.92 Å². The maximum absolute atomic E-state index is 12.5. The summed E-state index contributed by atoms with van der Waals surface area (Å²) < 4.78 is 32.7. The van der Waals surface area contributed by atoms with Crippen molar-refractivity contribution in [1.82, 2.24) is 4.72 Å². The van der Waals surface area contributed by atoms with Crippen molar-refractivity contribution < 1.29 is 17.9 Å². The largest absolute Gasteiger partial charge is 0.495 e. The van der Waals surface area contributed by atoms with Crippen LogP contribution >= 0.6 is 0 Å². The van der Waals surface area contributed by atoms with E-state index in [1.807, 2.05) is 31.2 Å². The summed E-state index contributed by atoms with van der Waals surface area (Å²) in [6, 6.07) is 20.7. The van der Waals surface area contributed by atoms with Gasteiger partial charge in [-0.15, -0.1) is 0 Å². The van der Waals surface area contributed by atoms with E-state index in [-0.39, 0.29) is 23.1 Å². The van der Waals surface area contributed by atoms with Crippen LogP contribution in [0.4, 0.5) is 5.69 Å². The van der Waals surface area contributed by atoms with Gasteiger partial charge in [-0.1, -0.05) is 42.0 Å². The third-order valence-corrected chi connectivity index (χ3v) is 5.79. The van der Waals surface area contributed by atoms with Crippen LogP contribution in [-0.4, -0.2) is 21.4 Å². The molecule has 0 aliphatic heterocycles. The summed E-state index contributed by atoms with van der Waals surface area (Å²) in [7, 11) is -2.30. The summed E-state index contributed by atoms with van der Waals surface area (Å²) in [6.07, 6.45) is 0. The highest BCUT2D eigenvalue weighted by atomic mass is 32.2. The highest BCUT2D eigenvalue weighted by Gasteiger charge is 2.18. The van der Waals surface area contributed by atoms with E-state index in [0.717, 1.165) is 11.1 Å². The van der Waals surface area contributed by atoms with Gasteiger partial charge in [0.25, 0.3) is 5.91 Å². The lowest BCUT2D eigenvalue weighted by atomic mass is 10.1. The first-order valence-corrected chi connectivity index (χ1v) is 10.5. The number of para-hydroxylation sites is 1. The van der Waals surface area contributed by atoms with Crippen LogP contribution in [0.25, 0.3) is 0 Å². The van der Waals surface area contributed by atoms with E-state index >= 15 is 0 Å². The van der Waals surface area contributed by atoms with Crippen molar-refractivity contribution in [3.8, 4) is 5.75 Å². The molecule has 2 N–H and O–H groups in total. The van der Waals surface area contributed by atoms with Gasteiger partial charge in [0.1, 0.15) is 10.6 Å². The molecule has 0 bridgehead atoms. The molecule has 0 aliphatic carbocycles.